The van der Waals surface area contributed by atoms with E-state index in [0.717, 1.165) is 12.4 Å². The molecule has 0 amide bonds. The lowest BCUT2D eigenvalue weighted by Crippen LogP contribution is -2.23. The summed E-state index contributed by atoms with van der Waals surface area (Å²) in [4.78, 5) is 9.95. The van der Waals surface area contributed by atoms with Crippen LogP contribution in [0.25, 0.3) is 0 Å². The zero-order valence-electron chi connectivity index (χ0n) is 8.73. The molecule has 0 atom stereocenters. The summed E-state index contributed by atoms with van der Waals surface area (Å²) in [5.74, 6) is 1.37. The average Bonchev–Trinajstić information content (AvgIpc) is 2.17. The third-order valence-corrected chi connectivity index (χ3v) is 1.80. The SMILES string of the molecule is CC(C)CN(C)c1cc(C#N)ncn1. The Morgan fingerprint density at radius 3 is 2.79 bits per heavy atom. The molecular weight excluding hydrogens is 176 g/mol. The largest absolute Gasteiger partial charge is 0.359 e. The van der Waals surface area contributed by atoms with Crippen LogP contribution in [0.4, 0.5) is 5.82 Å². The fourth-order valence-corrected chi connectivity index (χ4v) is 1.26. The molecule has 0 N–H and O–H groups in total. The summed E-state index contributed by atoms with van der Waals surface area (Å²) in [6, 6.07) is 3.69. The normalized spacial score (nSPS) is 9.93. The zero-order valence-corrected chi connectivity index (χ0v) is 8.73. The Morgan fingerprint density at radius 1 is 1.50 bits per heavy atom. The van der Waals surface area contributed by atoms with E-state index < -0.39 is 0 Å². The van der Waals surface area contributed by atoms with Gasteiger partial charge in [-0.15, -0.1) is 0 Å². The van der Waals surface area contributed by atoms with Crippen LogP contribution in [0.1, 0.15) is 19.5 Å². The van der Waals surface area contributed by atoms with Crippen LogP contribution < -0.4 is 4.90 Å². The molecular formula is C10H14N4. The molecule has 0 bridgehead atoms. The molecule has 1 aromatic heterocycles. The van der Waals surface area contributed by atoms with E-state index in [1.165, 1.54) is 6.33 Å². The molecule has 0 aliphatic heterocycles. The predicted octanol–water partition coefficient (Wildman–Crippen LogP) is 1.44. The molecule has 1 aromatic rings. The van der Waals surface area contributed by atoms with Gasteiger partial charge in [0.05, 0.1) is 0 Å². The minimum absolute atomic E-state index is 0.408. The average molecular weight is 190 g/mol. The lowest BCUT2D eigenvalue weighted by atomic mass is 10.2. The topological polar surface area (TPSA) is 52.8 Å². The first kappa shape index (κ1) is 10.5. The van der Waals surface area contributed by atoms with Gasteiger partial charge in [0.1, 0.15) is 23.9 Å². The summed E-state index contributed by atoms with van der Waals surface area (Å²) < 4.78 is 0. The number of hydrogen-bond donors (Lipinski definition) is 0. The first-order valence-electron chi connectivity index (χ1n) is 4.56. The van der Waals surface area contributed by atoms with Crippen molar-refractivity contribution in [2.45, 2.75) is 13.8 Å². The van der Waals surface area contributed by atoms with Gasteiger partial charge in [-0.25, -0.2) is 9.97 Å². The number of rotatable bonds is 3. The van der Waals surface area contributed by atoms with Crippen LogP contribution in [0.2, 0.25) is 0 Å². The zero-order chi connectivity index (χ0) is 10.6. The van der Waals surface area contributed by atoms with E-state index in [4.69, 9.17) is 5.26 Å². The van der Waals surface area contributed by atoms with E-state index in [1.54, 1.807) is 6.07 Å². The van der Waals surface area contributed by atoms with Gasteiger partial charge in [-0.1, -0.05) is 13.8 Å². The van der Waals surface area contributed by atoms with Gasteiger partial charge in [-0.2, -0.15) is 5.26 Å². The monoisotopic (exact) mass is 190 g/mol. The maximum Gasteiger partial charge on any atom is 0.145 e. The second-order valence-electron chi connectivity index (χ2n) is 3.65. The van der Waals surface area contributed by atoms with Gasteiger partial charge < -0.3 is 4.90 Å². The van der Waals surface area contributed by atoms with E-state index in [9.17, 15) is 0 Å². The molecule has 0 saturated heterocycles. The molecule has 4 heteroatoms. The molecule has 0 saturated carbocycles. The minimum Gasteiger partial charge on any atom is -0.359 e. The van der Waals surface area contributed by atoms with Crippen LogP contribution in [0.15, 0.2) is 12.4 Å². The summed E-state index contributed by atoms with van der Waals surface area (Å²) in [5, 5.41) is 8.67. The van der Waals surface area contributed by atoms with Gasteiger partial charge in [0.25, 0.3) is 0 Å². The predicted molar refractivity (Wildman–Crippen MR) is 54.9 cm³/mol. The number of hydrogen-bond acceptors (Lipinski definition) is 4. The molecule has 0 aromatic carbocycles. The van der Waals surface area contributed by atoms with Crippen LogP contribution in [-0.2, 0) is 0 Å². The van der Waals surface area contributed by atoms with E-state index in [0.29, 0.717) is 11.6 Å². The van der Waals surface area contributed by atoms with Gasteiger partial charge in [0, 0.05) is 19.7 Å². The van der Waals surface area contributed by atoms with Crippen LogP contribution >= 0.6 is 0 Å². The first-order chi connectivity index (χ1) is 6.63. The summed E-state index contributed by atoms with van der Waals surface area (Å²) in [5.41, 5.74) is 0.408. The Balaban J connectivity index is 2.80. The van der Waals surface area contributed by atoms with E-state index in [1.807, 2.05) is 18.0 Å². The Labute approximate surface area is 84.2 Å². The smallest absolute Gasteiger partial charge is 0.145 e. The van der Waals surface area contributed by atoms with Crippen molar-refractivity contribution in [3.05, 3.63) is 18.1 Å². The molecule has 74 valence electrons. The van der Waals surface area contributed by atoms with Crippen molar-refractivity contribution in [1.82, 2.24) is 9.97 Å². The summed E-state index contributed by atoms with van der Waals surface area (Å²) in [6.45, 7) is 5.20. The Morgan fingerprint density at radius 2 is 2.21 bits per heavy atom. The number of aromatic nitrogens is 2. The van der Waals surface area contributed by atoms with Gasteiger partial charge in [0.15, 0.2) is 0 Å². The number of anilines is 1. The maximum atomic E-state index is 8.67. The highest BCUT2D eigenvalue weighted by atomic mass is 15.2. The fourth-order valence-electron chi connectivity index (χ4n) is 1.26. The standard InChI is InChI=1S/C10H14N4/c1-8(2)6-14(3)10-4-9(5-11)12-7-13-10/h4,7-8H,6H2,1-3H3. The maximum absolute atomic E-state index is 8.67. The van der Waals surface area contributed by atoms with Crippen molar-refractivity contribution < 1.29 is 0 Å². The van der Waals surface area contributed by atoms with Crippen molar-refractivity contribution in [1.29, 1.82) is 5.26 Å². The quantitative estimate of drug-likeness (QED) is 0.723. The highest BCUT2D eigenvalue weighted by Crippen LogP contribution is 2.10. The molecule has 14 heavy (non-hydrogen) atoms. The van der Waals surface area contributed by atoms with E-state index in [-0.39, 0.29) is 0 Å². The van der Waals surface area contributed by atoms with Gasteiger partial charge >= 0.3 is 0 Å². The van der Waals surface area contributed by atoms with Crippen LogP contribution in [-0.4, -0.2) is 23.6 Å². The van der Waals surface area contributed by atoms with Crippen LogP contribution in [0, 0.1) is 17.2 Å². The van der Waals surface area contributed by atoms with Crippen molar-refractivity contribution >= 4 is 5.82 Å². The van der Waals surface area contributed by atoms with Crippen LogP contribution in [0.3, 0.4) is 0 Å². The molecule has 0 aliphatic carbocycles. The molecule has 4 nitrogen and oxygen atoms in total. The minimum atomic E-state index is 0.408. The lowest BCUT2D eigenvalue weighted by molar-refractivity contribution is 0.634. The van der Waals surface area contributed by atoms with E-state index >= 15 is 0 Å². The number of nitriles is 1. The van der Waals surface area contributed by atoms with Crippen molar-refractivity contribution in [2.24, 2.45) is 5.92 Å². The number of nitrogens with zero attached hydrogens (tertiary/aromatic N) is 4. The molecule has 1 rings (SSSR count). The first-order valence-corrected chi connectivity index (χ1v) is 4.56. The molecule has 0 radical (unpaired) electrons. The molecule has 0 unspecified atom stereocenters. The van der Waals surface area contributed by atoms with Crippen LogP contribution in [0.5, 0.6) is 0 Å². The second kappa shape index (κ2) is 4.56. The molecule has 0 aliphatic rings. The van der Waals surface area contributed by atoms with E-state index in [2.05, 4.69) is 23.8 Å². The van der Waals surface area contributed by atoms with Gasteiger partial charge in [0.2, 0.25) is 0 Å². The third kappa shape index (κ3) is 2.70. The lowest BCUT2D eigenvalue weighted by Gasteiger charge is -2.19. The Bertz CT molecular complexity index is 340. The Hall–Kier alpha value is -1.63. The highest BCUT2D eigenvalue weighted by Gasteiger charge is 2.05. The molecule has 0 spiro atoms. The van der Waals surface area contributed by atoms with Crippen molar-refractivity contribution in [2.75, 3.05) is 18.5 Å². The summed E-state index contributed by atoms with van der Waals surface area (Å²) >= 11 is 0. The third-order valence-electron chi connectivity index (χ3n) is 1.80. The summed E-state index contributed by atoms with van der Waals surface area (Å²) in [7, 11) is 1.96. The van der Waals surface area contributed by atoms with Crippen molar-refractivity contribution in [3.8, 4) is 6.07 Å². The fraction of sp³-hybridized carbons (Fsp3) is 0.500. The van der Waals surface area contributed by atoms with Crippen molar-refractivity contribution in [3.63, 3.8) is 0 Å². The summed E-state index contributed by atoms with van der Waals surface area (Å²) in [6.07, 6.45) is 1.42. The van der Waals surface area contributed by atoms with Gasteiger partial charge in [-0.05, 0) is 5.92 Å². The van der Waals surface area contributed by atoms with Gasteiger partial charge in [-0.3, -0.25) is 0 Å². The highest BCUT2D eigenvalue weighted by molar-refractivity contribution is 5.40. The molecule has 1 heterocycles. The Kier molecular flexibility index (Phi) is 3.41. The molecule has 0 fully saturated rings. The second-order valence-corrected chi connectivity index (χ2v) is 3.65.